The Morgan fingerprint density at radius 1 is 1.47 bits per heavy atom. The maximum Gasteiger partial charge on any atom is 0.185 e. The van der Waals surface area contributed by atoms with E-state index in [2.05, 4.69) is 12.0 Å². The zero-order valence-corrected chi connectivity index (χ0v) is 12.3. The molecule has 4 nitrogen and oxygen atoms in total. The van der Waals surface area contributed by atoms with E-state index >= 15 is 0 Å². The van der Waals surface area contributed by atoms with Crippen molar-refractivity contribution < 1.29 is 9.53 Å². The Kier molecular flexibility index (Phi) is 4.99. The van der Waals surface area contributed by atoms with Crippen LogP contribution in [0.25, 0.3) is 0 Å². The summed E-state index contributed by atoms with van der Waals surface area (Å²) in [4.78, 5) is 12.6. The Hall–Kier alpha value is -0.870. The van der Waals surface area contributed by atoms with Crippen LogP contribution in [0.4, 0.5) is 0 Å². The lowest BCUT2D eigenvalue weighted by atomic mass is 9.80. The molecule has 1 aliphatic carbocycles. The number of ether oxygens (including phenoxy) is 1. The topological polar surface area (TPSA) is 44.1 Å². The molecule has 0 bridgehead atoms. The van der Waals surface area contributed by atoms with Gasteiger partial charge in [0, 0.05) is 13.0 Å². The predicted octanol–water partition coefficient (Wildman–Crippen LogP) is 3.19. The molecule has 0 N–H and O–H groups in total. The molecular formula is C14H21ClN2O2. The average Bonchev–Trinajstić information content (AvgIpc) is 2.77. The third kappa shape index (κ3) is 3.37. The van der Waals surface area contributed by atoms with E-state index < -0.39 is 0 Å². The first-order valence-corrected chi connectivity index (χ1v) is 7.25. The second kappa shape index (κ2) is 6.53. The molecule has 0 amide bonds. The van der Waals surface area contributed by atoms with Crippen LogP contribution in [-0.4, -0.2) is 29.3 Å². The number of methoxy groups -OCH3 is 1. The number of rotatable bonds is 5. The van der Waals surface area contributed by atoms with Crippen molar-refractivity contribution in [2.75, 3.05) is 13.7 Å². The molecule has 2 rings (SSSR count). The van der Waals surface area contributed by atoms with Gasteiger partial charge in [0.2, 0.25) is 0 Å². The molecule has 0 saturated heterocycles. The summed E-state index contributed by atoms with van der Waals surface area (Å²) in [5.74, 6) is 0.982. The van der Waals surface area contributed by atoms with Crippen molar-refractivity contribution >= 4 is 17.4 Å². The van der Waals surface area contributed by atoms with Crippen molar-refractivity contribution in [3.8, 4) is 0 Å². The number of aromatic nitrogens is 2. The van der Waals surface area contributed by atoms with Gasteiger partial charge in [-0.15, -0.1) is 0 Å². The van der Waals surface area contributed by atoms with Crippen molar-refractivity contribution in [3.05, 3.63) is 16.9 Å². The number of carbonyl (C=O) groups is 1. The third-order valence-corrected chi connectivity index (χ3v) is 4.20. The summed E-state index contributed by atoms with van der Waals surface area (Å²) in [6, 6.07) is 0. The van der Waals surface area contributed by atoms with E-state index in [1.54, 1.807) is 18.0 Å². The van der Waals surface area contributed by atoms with Gasteiger partial charge in [-0.25, -0.2) is 0 Å². The first kappa shape index (κ1) is 14.5. The van der Waals surface area contributed by atoms with Crippen molar-refractivity contribution in [2.24, 2.45) is 11.8 Å². The Morgan fingerprint density at radius 2 is 2.16 bits per heavy atom. The van der Waals surface area contributed by atoms with Gasteiger partial charge in [-0.2, -0.15) is 5.10 Å². The van der Waals surface area contributed by atoms with Crippen LogP contribution >= 0.6 is 11.6 Å². The molecule has 1 heterocycles. The molecule has 0 atom stereocenters. The van der Waals surface area contributed by atoms with Crippen LogP contribution in [0.5, 0.6) is 0 Å². The fourth-order valence-corrected chi connectivity index (χ4v) is 2.90. The van der Waals surface area contributed by atoms with Crippen molar-refractivity contribution in [2.45, 2.75) is 39.2 Å². The number of carbonyl (C=O) groups excluding carboxylic acids is 1. The van der Waals surface area contributed by atoms with Crippen LogP contribution in [0.1, 0.15) is 43.1 Å². The van der Waals surface area contributed by atoms with Gasteiger partial charge in [0.05, 0.1) is 24.4 Å². The average molecular weight is 285 g/mol. The zero-order valence-electron chi connectivity index (χ0n) is 11.6. The Balaban J connectivity index is 2.11. The Bertz CT molecular complexity index is 437. The van der Waals surface area contributed by atoms with E-state index in [1.165, 1.54) is 0 Å². The van der Waals surface area contributed by atoms with Gasteiger partial charge in [-0.1, -0.05) is 31.4 Å². The fourth-order valence-electron chi connectivity index (χ4n) is 2.67. The number of Topliss-reactive ketones (excluding diaryl/α,β-unsaturated/α-hetero) is 1. The van der Waals surface area contributed by atoms with Gasteiger partial charge in [0.15, 0.2) is 5.78 Å². The van der Waals surface area contributed by atoms with Crippen LogP contribution in [-0.2, 0) is 11.3 Å². The Labute approximate surface area is 119 Å². The molecule has 1 fully saturated rings. The Morgan fingerprint density at radius 3 is 2.79 bits per heavy atom. The standard InChI is InChI=1S/C14H21ClN2O2/c1-10-3-5-11(6-4-10)14(18)13-12(15)9-16-17(13)7-8-19-2/h9-11H,3-8H2,1-2H3. The highest BCUT2D eigenvalue weighted by Gasteiger charge is 2.29. The van der Waals surface area contributed by atoms with Gasteiger partial charge in [-0.3, -0.25) is 9.48 Å². The summed E-state index contributed by atoms with van der Waals surface area (Å²) in [6.45, 7) is 3.34. The lowest BCUT2D eigenvalue weighted by molar-refractivity contribution is 0.0861. The number of halogens is 1. The van der Waals surface area contributed by atoms with E-state index in [-0.39, 0.29) is 11.7 Å². The number of hydrogen-bond donors (Lipinski definition) is 0. The normalized spacial score (nSPS) is 23.5. The summed E-state index contributed by atoms with van der Waals surface area (Å²) < 4.78 is 6.71. The van der Waals surface area contributed by atoms with Crippen LogP contribution in [0.2, 0.25) is 5.02 Å². The quantitative estimate of drug-likeness (QED) is 0.780. The second-order valence-electron chi connectivity index (χ2n) is 5.38. The van der Waals surface area contributed by atoms with Crippen LogP contribution in [0.3, 0.4) is 0 Å². The molecule has 1 aromatic heterocycles. The summed E-state index contributed by atoms with van der Waals surface area (Å²) in [5.41, 5.74) is 0.554. The molecule has 5 heteroatoms. The minimum absolute atomic E-state index is 0.103. The molecule has 1 saturated carbocycles. The van der Waals surface area contributed by atoms with E-state index in [4.69, 9.17) is 16.3 Å². The molecule has 0 unspecified atom stereocenters. The van der Waals surface area contributed by atoms with Gasteiger partial charge in [0.1, 0.15) is 5.69 Å². The number of nitrogens with zero attached hydrogens (tertiary/aromatic N) is 2. The van der Waals surface area contributed by atoms with Gasteiger partial charge < -0.3 is 4.74 Å². The molecule has 106 valence electrons. The highest BCUT2D eigenvalue weighted by Crippen LogP contribution is 2.32. The second-order valence-corrected chi connectivity index (χ2v) is 5.79. The number of hydrogen-bond acceptors (Lipinski definition) is 3. The molecule has 0 aromatic carbocycles. The fraction of sp³-hybridized carbons (Fsp3) is 0.714. The van der Waals surface area contributed by atoms with E-state index in [1.807, 2.05) is 0 Å². The van der Waals surface area contributed by atoms with Crippen molar-refractivity contribution in [1.82, 2.24) is 9.78 Å². The smallest absolute Gasteiger partial charge is 0.185 e. The lowest BCUT2D eigenvalue weighted by Gasteiger charge is -2.25. The molecular weight excluding hydrogens is 264 g/mol. The monoisotopic (exact) mass is 284 g/mol. The zero-order chi connectivity index (χ0) is 13.8. The highest BCUT2D eigenvalue weighted by atomic mass is 35.5. The maximum atomic E-state index is 12.6. The van der Waals surface area contributed by atoms with E-state index in [0.717, 1.165) is 31.6 Å². The first-order chi connectivity index (χ1) is 9.13. The minimum atomic E-state index is 0.103. The summed E-state index contributed by atoms with van der Waals surface area (Å²) in [6.07, 6.45) is 5.73. The molecule has 1 aromatic rings. The van der Waals surface area contributed by atoms with E-state index in [9.17, 15) is 4.79 Å². The molecule has 19 heavy (non-hydrogen) atoms. The summed E-state index contributed by atoms with van der Waals surface area (Å²) in [5, 5.41) is 4.63. The molecule has 0 aliphatic heterocycles. The molecule has 1 aliphatic rings. The predicted molar refractivity (Wildman–Crippen MR) is 74.6 cm³/mol. The summed E-state index contributed by atoms with van der Waals surface area (Å²) in [7, 11) is 1.63. The van der Waals surface area contributed by atoms with Gasteiger partial charge in [-0.05, 0) is 18.8 Å². The highest BCUT2D eigenvalue weighted by molar-refractivity contribution is 6.33. The van der Waals surface area contributed by atoms with Crippen LogP contribution in [0.15, 0.2) is 6.20 Å². The van der Waals surface area contributed by atoms with Crippen LogP contribution < -0.4 is 0 Å². The minimum Gasteiger partial charge on any atom is -0.383 e. The summed E-state index contributed by atoms with van der Waals surface area (Å²) >= 11 is 6.12. The number of ketones is 1. The van der Waals surface area contributed by atoms with Gasteiger partial charge in [0.25, 0.3) is 0 Å². The lowest BCUT2D eigenvalue weighted by Crippen LogP contribution is -2.24. The first-order valence-electron chi connectivity index (χ1n) is 6.88. The largest absolute Gasteiger partial charge is 0.383 e. The van der Waals surface area contributed by atoms with Crippen molar-refractivity contribution in [3.63, 3.8) is 0 Å². The molecule has 0 spiro atoms. The SMILES string of the molecule is COCCn1ncc(Cl)c1C(=O)C1CCC(C)CC1. The molecule has 0 radical (unpaired) electrons. The maximum absolute atomic E-state index is 12.6. The third-order valence-electron chi connectivity index (χ3n) is 3.92. The van der Waals surface area contributed by atoms with Crippen LogP contribution in [0, 0.1) is 11.8 Å². The van der Waals surface area contributed by atoms with E-state index in [0.29, 0.717) is 23.9 Å². The van der Waals surface area contributed by atoms with Crippen molar-refractivity contribution in [1.29, 1.82) is 0 Å². The van der Waals surface area contributed by atoms with Gasteiger partial charge >= 0.3 is 0 Å².